The molecule has 1 heterocycles. The van der Waals surface area contributed by atoms with Gasteiger partial charge in [-0.05, 0) is 56.0 Å². The van der Waals surface area contributed by atoms with Gasteiger partial charge in [-0.25, -0.2) is 4.39 Å². The minimum Gasteiger partial charge on any atom is -0.491 e. The van der Waals surface area contributed by atoms with Crippen molar-refractivity contribution in [3.63, 3.8) is 0 Å². The Kier molecular flexibility index (Phi) is 8.39. The van der Waals surface area contributed by atoms with Crippen molar-refractivity contribution in [1.82, 2.24) is 5.32 Å². The van der Waals surface area contributed by atoms with Gasteiger partial charge in [-0.2, -0.15) is 0 Å². The van der Waals surface area contributed by atoms with Crippen LogP contribution in [0.1, 0.15) is 31.7 Å². The number of rotatable bonds is 3. The number of hydrogen-bond donors (Lipinski definition) is 1. The summed E-state index contributed by atoms with van der Waals surface area (Å²) in [5.74, 6) is 1.13. The predicted octanol–water partition coefficient (Wildman–Crippen LogP) is 3.78. The molecule has 0 saturated carbocycles. The first-order valence-electron chi connectivity index (χ1n) is 6.35. The highest BCUT2D eigenvalue weighted by atomic mass is 35.5. The van der Waals surface area contributed by atoms with Crippen LogP contribution in [0.5, 0.6) is 5.75 Å². The molecule has 5 heteroatoms. The summed E-state index contributed by atoms with van der Waals surface area (Å²) in [6.45, 7) is 6.61. The molecule has 1 aliphatic heterocycles. The lowest BCUT2D eigenvalue weighted by molar-refractivity contribution is 0.319. The molecule has 1 saturated heterocycles. The Morgan fingerprint density at radius 3 is 2.68 bits per heavy atom. The molecule has 2 rings (SSSR count). The third-order valence-electron chi connectivity index (χ3n) is 3.47. The van der Waals surface area contributed by atoms with E-state index in [0.29, 0.717) is 24.2 Å². The van der Waals surface area contributed by atoms with Crippen molar-refractivity contribution >= 4 is 24.8 Å². The lowest BCUT2D eigenvalue weighted by Crippen LogP contribution is -2.33. The zero-order valence-electron chi connectivity index (χ0n) is 11.3. The van der Waals surface area contributed by atoms with Crippen molar-refractivity contribution < 1.29 is 9.13 Å². The first kappa shape index (κ1) is 18.5. The summed E-state index contributed by atoms with van der Waals surface area (Å²) in [6.07, 6.45) is 1.08. The van der Waals surface area contributed by atoms with Crippen LogP contribution in [-0.2, 0) is 0 Å². The normalized spacial score (nSPS) is 22.1. The van der Waals surface area contributed by atoms with E-state index in [0.717, 1.165) is 25.1 Å². The zero-order chi connectivity index (χ0) is 12.3. The lowest BCUT2D eigenvalue weighted by Gasteiger charge is -2.30. The van der Waals surface area contributed by atoms with E-state index in [9.17, 15) is 4.39 Å². The molecule has 0 aromatic heterocycles. The Bertz CT molecular complexity index is 390. The summed E-state index contributed by atoms with van der Waals surface area (Å²) < 4.78 is 19.0. The van der Waals surface area contributed by atoms with E-state index in [-0.39, 0.29) is 30.6 Å². The smallest absolute Gasteiger partial charge is 0.165 e. The maximum Gasteiger partial charge on any atom is 0.165 e. The van der Waals surface area contributed by atoms with Crippen molar-refractivity contribution in [2.24, 2.45) is 5.92 Å². The fourth-order valence-corrected chi connectivity index (χ4v) is 2.53. The van der Waals surface area contributed by atoms with Crippen LogP contribution in [0.4, 0.5) is 4.39 Å². The second-order valence-corrected chi connectivity index (χ2v) is 4.70. The van der Waals surface area contributed by atoms with Crippen LogP contribution in [0.2, 0.25) is 0 Å². The van der Waals surface area contributed by atoms with E-state index in [2.05, 4.69) is 12.2 Å². The highest BCUT2D eigenvalue weighted by molar-refractivity contribution is 5.85. The number of ether oxygens (including phenoxy) is 1. The molecule has 1 aromatic carbocycles. The minimum absolute atomic E-state index is 0. The van der Waals surface area contributed by atoms with Crippen LogP contribution in [0, 0.1) is 11.7 Å². The Morgan fingerprint density at radius 1 is 1.37 bits per heavy atom. The molecule has 2 atom stereocenters. The van der Waals surface area contributed by atoms with Crippen LogP contribution in [0.3, 0.4) is 0 Å². The maximum atomic E-state index is 13.8. The summed E-state index contributed by atoms with van der Waals surface area (Å²) in [4.78, 5) is 0. The highest BCUT2D eigenvalue weighted by Crippen LogP contribution is 2.32. The number of nitrogens with one attached hydrogen (secondary N) is 1. The van der Waals surface area contributed by atoms with Gasteiger partial charge in [0.1, 0.15) is 0 Å². The van der Waals surface area contributed by atoms with E-state index in [4.69, 9.17) is 4.74 Å². The highest BCUT2D eigenvalue weighted by Gasteiger charge is 2.23. The molecule has 0 unspecified atom stereocenters. The van der Waals surface area contributed by atoms with Gasteiger partial charge in [0.05, 0.1) is 6.61 Å². The molecule has 19 heavy (non-hydrogen) atoms. The standard InChI is InChI=1S/C14H20FNO.2ClH/c1-3-17-14-5-4-11(8-13(14)15)12-6-7-16-9-10(12)2;;/h4-5,8,10,12,16H,3,6-7,9H2,1-2H3;2*1H/t10-,12+;;/m1../s1. The van der Waals surface area contributed by atoms with Crippen LogP contribution >= 0.6 is 24.8 Å². The topological polar surface area (TPSA) is 21.3 Å². The van der Waals surface area contributed by atoms with Crippen molar-refractivity contribution in [3.05, 3.63) is 29.6 Å². The molecule has 0 amide bonds. The molecule has 0 bridgehead atoms. The Hall–Kier alpha value is -0.510. The first-order chi connectivity index (χ1) is 8.22. The predicted molar refractivity (Wildman–Crippen MR) is 81.5 cm³/mol. The summed E-state index contributed by atoms with van der Waals surface area (Å²) >= 11 is 0. The number of piperidine rings is 1. The third kappa shape index (κ3) is 4.51. The molecule has 0 aliphatic carbocycles. The van der Waals surface area contributed by atoms with Crippen LogP contribution in [0.15, 0.2) is 18.2 Å². The SMILES string of the molecule is CCOc1ccc([C@H]2CCNC[C@H]2C)cc1F.Cl.Cl. The van der Waals surface area contributed by atoms with Crippen molar-refractivity contribution in [1.29, 1.82) is 0 Å². The van der Waals surface area contributed by atoms with Gasteiger partial charge in [-0.15, -0.1) is 24.8 Å². The summed E-state index contributed by atoms with van der Waals surface area (Å²) in [7, 11) is 0. The van der Waals surface area contributed by atoms with Crippen LogP contribution < -0.4 is 10.1 Å². The van der Waals surface area contributed by atoms with E-state index in [1.807, 2.05) is 13.0 Å². The molecular weight excluding hydrogens is 288 g/mol. The maximum absolute atomic E-state index is 13.8. The molecule has 2 nitrogen and oxygen atoms in total. The monoisotopic (exact) mass is 309 g/mol. The van der Waals surface area contributed by atoms with E-state index >= 15 is 0 Å². The van der Waals surface area contributed by atoms with Gasteiger partial charge < -0.3 is 10.1 Å². The van der Waals surface area contributed by atoms with Crippen LogP contribution in [-0.4, -0.2) is 19.7 Å². The molecule has 0 spiro atoms. The molecule has 1 aliphatic rings. The van der Waals surface area contributed by atoms with Gasteiger partial charge in [0.2, 0.25) is 0 Å². The third-order valence-corrected chi connectivity index (χ3v) is 3.47. The Morgan fingerprint density at radius 2 is 2.11 bits per heavy atom. The van der Waals surface area contributed by atoms with Crippen molar-refractivity contribution in [3.8, 4) is 5.75 Å². The van der Waals surface area contributed by atoms with Crippen molar-refractivity contribution in [2.75, 3.05) is 19.7 Å². The van der Waals surface area contributed by atoms with Gasteiger partial charge in [0, 0.05) is 0 Å². The minimum atomic E-state index is -0.241. The molecule has 1 aromatic rings. The van der Waals surface area contributed by atoms with Crippen molar-refractivity contribution in [2.45, 2.75) is 26.2 Å². The van der Waals surface area contributed by atoms with Gasteiger partial charge in [0.15, 0.2) is 11.6 Å². The summed E-state index contributed by atoms with van der Waals surface area (Å²) in [5, 5.41) is 3.36. The molecule has 0 radical (unpaired) electrons. The number of benzene rings is 1. The molecule has 110 valence electrons. The fraction of sp³-hybridized carbons (Fsp3) is 0.571. The molecule has 1 N–H and O–H groups in total. The summed E-state index contributed by atoms with van der Waals surface area (Å²) in [6, 6.07) is 5.39. The van der Waals surface area contributed by atoms with E-state index < -0.39 is 0 Å². The largest absolute Gasteiger partial charge is 0.491 e. The number of hydrogen-bond acceptors (Lipinski definition) is 2. The average molecular weight is 310 g/mol. The Labute approximate surface area is 126 Å². The zero-order valence-corrected chi connectivity index (χ0v) is 13.0. The lowest BCUT2D eigenvalue weighted by atomic mass is 9.82. The second kappa shape index (κ2) is 8.62. The first-order valence-corrected chi connectivity index (χ1v) is 6.35. The van der Waals surface area contributed by atoms with Crippen LogP contribution in [0.25, 0.3) is 0 Å². The van der Waals surface area contributed by atoms with Gasteiger partial charge in [-0.3, -0.25) is 0 Å². The quantitative estimate of drug-likeness (QED) is 0.917. The Balaban J connectivity index is 0.00000162. The van der Waals surface area contributed by atoms with Gasteiger partial charge in [-0.1, -0.05) is 13.0 Å². The van der Waals surface area contributed by atoms with Gasteiger partial charge >= 0.3 is 0 Å². The molecule has 1 fully saturated rings. The van der Waals surface area contributed by atoms with E-state index in [1.54, 1.807) is 12.1 Å². The van der Waals surface area contributed by atoms with Gasteiger partial charge in [0.25, 0.3) is 0 Å². The summed E-state index contributed by atoms with van der Waals surface area (Å²) in [5.41, 5.74) is 1.10. The second-order valence-electron chi connectivity index (χ2n) is 4.70. The molecular formula is C14H22Cl2FNO. The average Bonchev–Trinajstić information content (AvgIpc) is 2.33. The fourth-order valence-electron chi connectivity index (χ4n) is 2.53. The van der Waals surface area contributed by atoms with E-state index in [1.165, 1.54) is 0 Å². The number of halogens is 3.